The Labute approximate surface area is 406 Å². The van der Waals surface area contributed by atoms with Crippen LogP contribution in [-0.2, 0) is 10.8 Å². The Morgan fingerprint density at radius 1 is 0.449 bits per heavy atom. The SMILES string of the molecule is CC1(C)c2ccccc2Oc2c1ccc1c2C2(c3ccc(-c4nc(-c5cccc(-c6cccc7c6sc6ccccc67)c5)nc(-c5ccccc5-c5ccccc5)n4)cc3-1)C1CC3CC(C1)CC2C3. The first-order chi connectivity index (χ1) is 33.9. The van der Waals surface area contributed by atoms with E-state index in [0.717, 1.165) is 56.7 Å². The number of benzene rings is 8. The van der Waals surface area contributed by atoms with E-state index >= 15 is 0 Å². The second kappa shape index (κ2) is 14.7. The summed E-state index contributed by atoms with van der Waals surface area (Å²) in [5.41, 5.74) is 15.3. The van der Waals surface area contributed by atoms with Crippen molar-refractivity contribution in [1.82, 2.24) is 15.0 Å². The van der Waals surface area contributed by atoms with Gasteiger partial charge >= 0.3 is 0 Å². The lowest BCUT2D eigenvalue weighted by molar-refractivity contribution is -0.0406. The van der Waals surface area contributed by atoms with Crippen molar-refractivity contribution < 1.29 is 4.74 Å². The number of hydrogen-bond acceptors (Lipinski definition) is 5. The fraction of sp³-hybridized carbons (Fsp3) is 0.203. The van der Waals surface area contributed by atoms with Crippen LogP contribution in [0.2, 0.25) is 0 Å². The van der Waals surface area contributed by atoms with Crippen molar-refractivity contribution in [2.75, 3.05) is 0 Å². The third-order valence-electron chi connectivity index (χ3n) is 17.2. The Morgan fingerprint density at radius 2 is 1.07 bits per heavy atom. The second-order valence-corrected chi connectivity index (χ2v) is 22.2. The molecule has 0 unspecified atom stereocenters. The van der Waals surface area contributed by atoms with Crippen LogP contribution in [0.5, 0.6) is 11.5 Å². The van der Waals surface area contributed by atoms with Gasteiger partial charge in [0.2, 0.25) is 0 Å². The van der Waals surface area contributed by atoms with Crippen LogP contribution in [0, 0.1) is 23.7 Å². The van der Waals surface area contributed by atoms with Crippen LogP contribution in [0.25, 0.3) is 87.7 Å². The first kappa shape index (κ1) is 39.8. The normalized spacial score (nSPS) is 22.1. The predicted molar refractivity (Wildman–Crippen MR) is 282 cm³/mol. The van der Waals surface area contributed by atoms with Gasteiger partial charge in [0.1, 0.15) is 11.5 Å². The average Bonchev–Trinajstić information content (AvgIpc) is 3.92. The molecule has 8 aromatic carbocycles. The number of thiophene rings is 1. The molecule has 4 nitrogen and oxygen atoms in total. The van der Waals surface area contributed by atoms with Crippen molar-refractivity contribution in [2.45, 2.75) is 56.8 Å². The van der Waals surface area contributed by atoms with Crippen molar-refractivity contribution in [1.29, 1.82) is 0 Å². The average molecular weight is 908 g/mol. The molecule has 10 aromatic rings. The van der Waals surface area contributed by atoms with Crippen molar-refractivity contribution in [3.05, 3.63) is 198 Å². The molecule has 5 aliphatic carbocycles. The Hall–Kier alpha value is -7.21. The van der Waals surface area contributed by atoms with Gasteiger partial charge in [0, 0.05) is 64.4 Å². The van der Waals surface area contributed by atoms with Gasteiger partial charge in [-0.25, -0.2) is 15.0 Å². The van der Waals surface area contributed by atoms with Gasteiger partial charge in [-0.2, -0.15) is 0 Å². The van der Waals surface area contributed by atoms with E-state index < -0.39 is 0 Å². The fourth-order valence-electron chi connectivity index (χ4n) is 14.4. The van der Waals surface area contributed by atoms with E-state index in [4.69, 9.17) is 19.7 Å². The van der Waals surface area contributed by atoms with Crippen LogP contribution in [-0.4, -0.2) is 15.0 Å². The van der Waals surface area contributed by atoms with Crippen molar-refractivity contribution in [3.8, 4) is 79.0 Å². The van der Waals surface area contributed by atoms with Crippen LogP contribution in [0.1, 0.15) is 68.2 Å². The van der Waals surface area contributed by atoms with E-state index in [1.54, 1.807) is 0 Å². The smallest absolute Gasteiger partial charge is 0.164 e. The number of fused-ring (bicyclic) bond motifs is 9. The summed E-state index contributed by atoms with van der Waals surface area (Å²) in [6.45, 7) is 4.77. The maximum absolute atomic E-state index is 7.26. The quantitative estimate of drug-likeness (QED) is 0.173. The Balaban J connectivity index is 0.933. The molecule has 2 aromatic heterocycles. The van der Waals surface area contributed by atoms with Crippen LogP contribution >= 0.6 is 11.3 Å². The molecule has 4 bridgehead atoms. The summed E-state index contributed by atoms with van der Waals surface area (Å²) >= 11 is 1.86. The van der Waals surface area contributed by atoms with Crippen molar-refractivity contribution >= 4 is 31.5 Å². The summed E-state index contributed by atoms with van der Waals surface area (Å²) in [5, 5.41) is 2.59. The molecule has 1 aliphatic heterocycles. The van der Waals surface area contributed by atoms with Gasteiger partial charge in [-0.15, -0.1) is 11.3 Å². The van der Waals surface area contributed by atoms with Gasteiger partial charge in [-0.3, -0.25) is 0 Å². The van der Waals surface area contributed by atoms with Gasteiger partial charge in [0.05, 0.1) is 0 Å². The monoisotopic (exact) mass is 907 g/mol. The summed E-state index contributed by atoms with van der Waals surface area (Å²) in [6.07, 6.45) is 6.61. The van der Waals surface area contributed by atoms with E-state index in [2.05, 4.69) is 190 Å². The number of nitrogens with zero attached hydrogens (tertiary/aromatic N) is 3. The zero-order chi connectivity index (χ0) is 45.6. The molecule has 4 saturated carbocycles. The maximum Gasteiger partial charge on any atom is 0.164 e. The second-order valence-electron chi connectivity index (χ2n) is 21.1. The number of ether oxygens (including phenoxy) is 1. The minimum atomic E-state index is -0.193. The molecule has 0 saturated heterocycles. The lowest BCUT2D eigenvalue weighted by Crippen LogP contribution is -2.55. The van der Waals surface area contributed by atoms with Gasteiger partial charge in [0.25, 0.3) is 0 Å². The third-order valence-corrected chi connectivity index (χ3v) is 18.4. The van der Waals surface area contributed by atoms with Gasteiger partial charge in [-0.05, 0) is 119 Å². The van der Waals surface area contributed by atoms with Crippen molar-refractivity contribution in [3.63, 3.8) is 0 Å². The molecule has 5 heteroatoms. The summed E-state index contributed by atoms with van der Waals surface area (Å²) < 4.78 is 9.85. The molecule has 3 heterocycles. The Kier molecular flexibility index (Phi) is 8.44. The molecular formula is C64H49N3OS. The zero-order valence-corrected chi connectivity index (χ0v) is 39.6. The van der Waals surface area contributed by atoms with Crippen LogP contribution in [0.4, 0.5) is 0 Å². The number of rotatable bonds is 5. The highest BCUT2D eigenvalue weighted by atomic mass is 32.1. The largest absolute Gasteiger partial charge is 0.456 e. The molecule has 0 N–H and O–H groups in total. The van der Waals surface area contributed by atoms with Gasteiger partial charge < -0.3 is 4.74 Å². The molecule has 0 amide bonds. The summed E-state index contributed by atoms with van der Waals surface area (Å²) in [7, 11) is 0. The number of hydrogen-bond donors (Lipinski definition) is 0. The molecule has 16 rings (SSSR count). The van der Waals surface area contributed by atoms with E-state index in [1.165, 1.54) is 91.2 Å². The highest BCUT2D eigenvalue weighted by molar-refractivity contribution is 7.26. The summed E-state index contributed by atoms with van der Waals surface area (Å²) in [4.78, 5) is 16.3. The van der Waals surface area contributed by atoms with Crippen LogP contribution in [0.3, 0.4) is 0 Å². The third kappa shape index (κ3) is 5.71. The molecule has 69 heavy (non-hydrogen) atoms. The first-order valence-corrected chi connectivity index (χ1v) is 25.7. The molecule has 1 spiro atoms. The maximum atomic E-state index is 7.26. The standard InChI is InChI=1S/C64H49N3OS/c1-63(2)53-23-9-10-24-55(53)68-58-54(63)29-27-48-51-36-42(26-28-52(51)64(57(48)58)43-31-37-30-38(33-43)34-44(64)32-37)61-65-60(66-62(67-61)50-20-7-6-18-45(50)39-14-4-3-5-15-39)41-17-12-16-40(35-41)46-21-13-22-49-47-19-8-11-25-56(47)69-59(46)49/h3-29,35-38,43-44H,30-34H2,1-2H3. The van der Waals surface area contributed by atoms with Crippen LogP contribution < -0.4 is 4.74 Å². The fourth-order valence-corrected chi connectivity index (χ4v) is 15.7. The number of para-hydroxylation sites is 1. The van der Waals surface area contributed by atoms with E-state index in [-0.39, 0.29) is 10.8 Å². The number of aromatic nitrogens is 3. The lowest BCUT2D eigenvalue weighted by Gasteiger charge is -2.61. The van der Waals surface area contributed by atoms with Gasteiger partial charge in [-0.1, -0.05) is 166 Å². The highest BCUT2D eigenvalue weighted by Crippen LogP contribution is 2.72. The van der Waals surface area contributed by atoms with E-state index in [9.17, 15) is 0 Å². The van der Waals surface area contributed by atoms with Crippen molar-refractivity contribution in [2.24, 2.45) is 23.7 Å². The highest BCUT2D eigenvalue weighted by Gasteiger charge is 2.63. The van der Waals surface area contributed by atoms with E-state index in [1.807, 2.05) is 11.3 Å². The molecule has 4 fully saturated rings. The molecular weight excluding hydrogens is 859 g/mol. The summed E-state index contributed by atoms with van der Waals surface area (Å²) in [6, 6.07) is 64.1. The van der Waals surface area contributed by atoms with Gasteiger partial charge in [0.15, 0.2) is 17.5 Å². The van der Waals surface area contributed by atoms with Crippen LogP contribution in [0.15, 0.2) is 176 Å². The zero-order valence-electron chi connectivity index (χ0n) is 38.7. The topological polar surface area (TPSA) is 47.9 Å². The van der Waals surface area contributed by atoms with E-state index in [0.29, 0.717) is 29.3 Å². The minimum Gasteiger partial charge on any atom is -0.456 e. The Morgan fingerprint density at radius 3 is 1.90 bits per heavy atom. The minimum absolute atomic E-state index is 0.0912. The molecule has 332 valence electrons. The lowest BCUT2D eigenvalue weighted by atomic mass is 9.43. The summed E-state index contributed by atoms with van der Waals surface area (Å²) in [5.74, 6) is 6.93. The molecule has 6 aliphatic rings. The molecule has 0 radical (unpaired) electrons. The first-order valence-electron chi connectivity index (χ1n) is 24.9. The molecule has 0 atom stereocenters. The predicted octanol–water partition coefficient (Wildman–Crippen LogP) is 16.7. The Bertz CT molecular complexity index is 3740.